The van der Waals surface area contributed by atoms with Crippen LogP contribution in [0.4, 0.5) is 0 Å². The van der Waals surface area contributed by atoms with Gasteiger partial charge in [0.25, 0.3) is 0 Å². The van der Waals surface area contributed by atoms with E-state index in [2.05, 4.69) is 0 Å². The second kappa shape index (κ2) is 9.18. The molecule has 1 aliphatic heterocycles. The molecule has 0 bridgehead atoms. The monoisotopic (exact) mass is 342 g/mol. The zero-order valence-corrected chi connectivity index (χ0v) is 12.7. The highest BCUT2D eigenvalue weighted by Crippen LogP contribution is 2.25. The zero-order chi connectivity index (χ0) is 17.7. The predicted molar refractivity (Wildman–Crippen MR) is 74.0 cm³/mol. The van der Waals surface area contributed by atoms with Crippen molar-refractivity contribution >= 4 is 0 Å². The van der Waals surface area contributed by atoms with E-state index in [0.717, 1.165) is 0 Å². The van der Waals surface area contributed by atoms with Gasteiger partial charge in [-0.05, 0) is 6.42 Å². The molecule has 6 unspecified atom stereocenters. The van der Waals surface area contributed by atoms with Crippen molar-refractivity contribution in [1.82, 2.24) is 0 Å². The highest BCUT2D eigenvalue weighted by Gasteiger charge is 2.46. The highest BCUT2D eigenvalue weighted by atomic mass is 16.7. The molecule has 0 saturated carbocycles. The number of ether oxygens (including phenoxy) is 2. The van der Waals surface area contributed by atoms with Crippen LogP contribution in [0.1, 0.15) is 13.3 Å². The fraction of sp³-hybridized carbons (Fsp3) is 1.00. The summed E-state index contributed by atoms with van der Waals surface area (Å²) in [5.41, 5.74) is 0. The normalized spacial score (nSPS) is 37.2. The van der Waals surface area contributed by atoms with Crippen molar-refractivity contribution in [2.75, 3.05) is 13.2 Å². The first kappa shape index (κ1) is 20.6. The molecule has 1 fully saturated rings. The van der Waals surface area contributed by atoms with Crippen molar-refractivity contribution in [3.05, 3.63) is 0 Å². The average Bonchev–Trinajstić information content (AvgIpc) is 2.57. The summed E-state index contributed by atoms with van der Waals surface area (Å²) in [5.74, 6) is 0. The van der Waals surface area contributed by atoms with Gasteiger partial charge in [-0.3, -0.25) is 0 Å². The Morgan fingerprint density at radius 3 is 2.04 bits per heavy atom. The quantitative estimate of drug-likeness (QED) is 0.215. The lowest BCUT2D eigenvalue weighted by molar-refractivity contribution is -0.327. The fourth-order valence-electron chi connectivity index (χ4n) is 2.30. The summed E-state index contributed by atoms with van der Waals surface area (Å²) in [5, 5.41) is 76.8. The van der Waals surface area contributed by atoms with Crippen molar-refractivity contribution in [1.29, 1.82) is 0 Å². The highest BCUT2D eigenvalue weighted by molar-refractivity contribution is 4.91. The minimum absolute atomic E-state index is 0.133. The molecule has 0 radical (unpaired) electrons. The standard InChI is InChI=1S/C13H26O10/c1-2-5(16)8(18)12(6(17)3-14)23-13-11(21)10(20)9(19)7(4-15)22-13/h5-21H,2-4H2,1H3/t5?,6?,7?,8?,9-,10+,11?,12?,13-/m1/s1. The average molecular weight is 342 g/mol. The smallest absolute Gasteiger partial charge is 0.187 e. The number of hydrogen-bond donors (Lipinski definition) is 8. The molecule has 1 saturated heterocycles. The van der Waals surface area contributed by atoms with Gasteiger partial charge in [-0.15, -0.1) is 0 Å². The number of rotatable bonds is 8. The van der Waals surface area contributed by atoms with Crippen LogP contribution in [0.15, 0.2) is 0 Å². The molecule has 0 aromatic carbocycles. The first-order valence-electron chi connectivity index (χ1n) is 7.39. The van der Waals surface area contributed by atoms with Crippen LogP contribution >= 0.6 is 0 Å². The molecule has 1 rings (SSSR count). The third-order valence-electron chi connectivity index (χ3n) is 3.86. The Hall–Kier alpha value is -0.400. The molecular formula is C13H26O10. The molecule has 23 heavy (non-hydrogen) atoms. The van der Waals surface area contributed by atoms with E-state index < -0.39 is 68.3 Å². The van der Waals surface area contributed by atoms with E-state index in [1.807, 2.05) is 0 Å². The summed E-state index contributed by atoms with van der Waals surface area (Å²) in [4.78, 5) is 0. The van der Waals surface area contributed by atoms with Crippen LogP contribution in [0.25, 0.3) is 0 Å². The van der Waals surface area contributed by atoms with Crippen LogP contribution in [0.3, 0.4) is 0 Å². The van der Waals surface area contributed by atoms with Crippen LogP contribution in [-0.2, 0) is 9.47 Å². The number of aliphatic hydroxyl groups is 8. The van der Waals surface area contributed by atoms with Gasteiger partial charge in [-0.2, -0.15) is 0 Å². The van der Waals surface area contributed by atoms with Gasteiger partial charge < -0.3 is 50.3 Å². The minimum atomic E-state index is -1.73. The largest absolute Gasteiger partial charge is 0.394 e. The SMILES string of the molecule is CCC(O)C(O)C(O[C@H]1OC(CO)[C@@H](O)[C@H](O)C1O)C(O)CO. The molecule has 1 aliphatic rings. The van der Waals surface area contributed by atoms with E-state index in [-0.39, 0.29) is 6.42 Å². The Morgan fingerprint density at radius 2 is 1.57 bits per heavy atom. The molecule has 0 aromatic rings. The van der Waals surface area contributed by atoms with Crippen LogP contribution < -0.4 is 0 Å². The summed E-state index contributed by atoms with van der Waals surface area (Å²) >= 11 is 0. The third kappa shape index (κ3) is 4.79. The minimum Gasteiger partial charge on any atom is -0.394 e. The van der Waals surface area contributed by atoms with Crippen molar-refractivity contribution in [3.63, 3.8) is 0 Å². The van der Waals surface area contributed by atoms with E-state index in [1.165, 1.54) is 0 Å². The van der Waals surface area contributed by atoms with Gasteiger partial charge in [0.2, 0.25) is 0 Å². The molecular weight excluding hydrogens is 316 g/mol. The van der Waals surface area contributed by atoms with E-state index >= 15 is 0 Å². The van der Waals surface area contributed by atoms with Crippen LogP contribution in [-0.4, -0.2) is 109 Å². The molecule has 9 atom stereocenters. The number of hydrogen-bond acceptors (Lipinski definition) is 10. The van der Waals surface area contributed by atoms with Gasteiger partial charge in [0, 0.05) is 0 Å². The lowest BCUT2D eigenvalue weighted by Crippen LogP contribution is -2.61. The van der Waals surface area contributed by atoms with Crippen LogP contribution in [0.5, 0.6) is 0 Å². The molecule has 0 amide bonds. The topological polar surface area (TPSA) is 180 Å². The second-order valence-corrected chi connectivity index (χ2v) is 5.51. The molecule has 10 heteroatoms. The maximum absolute atomic E-state index is 9.99. The molecule has 0 spiro atoms. The maximum atomic E-state index is 9.99. The lowest BCUT2D eigenvalue weighted by atomic mass is 9.98. The Kier molecular flexibility index (Phi) is 8.24. The van der Waals surface area contributed by atoms with Crippen molar-refractivity contribution in [2.45, 2.75) is 68.5 Å². The second-order valence-electron chi connectivity index (χ2n) is 5.51. The molecule has 0 aliphatic carbocycles. The van der Waals surface area contributed by atoms with Crippen molar-refractivity contribution < 1.29 is 50.3 Å². The molecule has 10 nitrogen and oxygen atoms in total. The van der Waals surface area contributed by atoms with Gasteiger partial charge >= 0.3 is 0 Å². The van der Waals surface area contributed by atoms with E-state index in [9.17, 15) is 30.6 Å². The summed E-state index contributed by atoms with van der Waals surface area (Å²) in [6, 6.07) is 0. The van der Waals surface area contributed by atoms with Gasteiger partial charge in [0.15, 0.2) is 6.29 Å². The van der Waals surface area contributed by atoms with Gasteiger partial charge in [-0.1, -0.05) is 6.92 Å². The van der Waals surface area contributed by atoms with E-state index in [4.69, 9.17) is 19.7 Å². The Bertz CT molecular complexity index is 341. The number of aliphatic hydroxyl groups excluding tert-OH is 8. The Balaban J connectivity index is 2.89. The summed E-state index contributed by atoms with van der Waals surface area (Å²) < 4.78 is 10.3. The third-order valence-corrected chi connectivity index (χ3v) is 3.86. The molecule has 1 heterocycles. The van der Waals surface area contributed by atoms with Gasteiger partial charge in [-0.25, -0.2) is 0 Å². The van der Waals surface area contributed by atoms with Crippen molar-refractivity contribution in [2.24, 2.45) is 0 Å². The molecule has 138 valence electrons. The molecule has 0 aromatic heterocycles. The van der Waals surface area contributed by atoms with E-state index in [0.29, 0.717) is 0 Å². The summed E-state index contributed by atoms with van der Waals surface area (Å²) in [7, 11) is 0. The maximum Gasteiger partial charge on any atom is 0.187 e. The molecule has 8 N–H and O–H groups in total. The van der Waals surface area contributed by atoms with Crippen molar-refractivity contribution in [3.8, 4) is 0 Å². The Labute approximate surface area is 133 Å². The fourth-order valence-corrected chi connectivity index (χ4v) is 2.30. The van der Waals surface area contributed by atoms with Crippen LogP contribution in [0.2, 0.25) is 0 Å². The first-order chi connectivity index (χ1) is 10.8. The first-order valence-corrected chi connectivity index (χ1v) is 7.39. The van der Waals surface area contributed by atoms with Gasteiger partial charge in [0.1, 0.15) is 42.7 Å². The summed E-state index contributed by atoms with van der Waals surface area (Å²) in [6.07, 6.45) is -13.7. The van der Waals surface area contributed by atoms with Crippen LogP contribution in [0, 0.1) is 0 Å². The Morgan fingerprint density at radius 1 is 0.957 bits per heavy atom. The van der Waals surface area contributed by atoms with Gasteiger partial charge in [0.05, 0.1) is 19.3 Å². The summed E-state index contributed by atoms with van der Waals surface area (Å²) in [6.45, 7) is 0.109. The zero-order valence-electron chi connectivity index (χ0n) is 12.7. The van der Waals surface area contributed by atoms with E-state index in [1.54, 1.807) is 6.92 Å². The lowest BCUT2D eigenvalue weighted by Gasteiger charge is -2.42. The predicted octanol–water partition coefficient (Wildman–Crippen LogP) is -4.34.